The fraction of sp³-hybridized carbons (Fsp3) is 0.367. The van der Waals surface area contributed by atoms with Gasteiger partial charge in [-0.2, -0.15) is 5.10 Å². The molecule has 1 aliphatic heterocycles. The first-order valence-corrected chi connectivity index (χ1v) is 13.8. The number of anilines is 2. The molecule has 1 aliphatic carbocycles. The van der Waals surface area contributed by atoms with E-state index in [0.717, 1.165) is 53.0 Å². The maximum Gasteiger partial charge on any atom is 0.160 e. The van der Waals surface area contributed by atoms with Crippen LogP contribution in [0.1, 0.15) is 56.3 Å². The molecule has 2 fully saturated rings. The lowest BCUT2D eigenvalue weighted by Crippen LogP contribution is -2.47. The van der Waals surface area contributed by atoms with E-state index in [-0.39, 0.29) is 11.5 Å². The quantitative estimate of drug-likeness (QED) is 0.287. The third kappa shape index (κ3) is 4.51. The van der Waals surface area contributed by atoms with Crippen LogP contribution < -0.4 is 16.4 Å². The largest absolute Gasteiger partial charge is 0.323 e. The first-order chi connectivity index (χ1) is 19.0. The minimum atomic E-state index is -0.205. The Morgan fingerprint density at radius 3 is 2.79 bits per heavy atom. The van der Waals surface area contributed by atoms with Crippen LogP contribution in [-0.4, -0.2) is 42.6 Å². The molecule has 5 aromatic heterocycles. The average molecular weight is 520 g/mol. The number of pyridine rings is 3. The van der Waals surface area contributed by atoms with Crippen LogP contribution in [0.4, 0.5) is 11.6 Å². The maximum absolute atomic E-state index is 7.14. The Kier molecular flexibility index (Phi) is 5.79. The predicted molar refractivity (Wildman–Crippen MR) is 153 cm³/mol. The SMILES string of the molecule is CC1(C)CNCCC1C(N)c1nc(-c2ccnc(Nc3cc4ccccn4n3)c2)nc2cncc(C3CC3)c12. The molecular formula is C30H33N9. The Morgan fingerprint density at radius 2 is 1.97 bits per heavy atom. The van der Waals surface area contributed by atoms with Crippen molar-refractivity contribution in [2.45, 2.75) is 45.1 Å². The number of aromatic nitrogens is 6. The van der Waals surface area contributed by atoms with Crippen molar-refractivity contribution in [2.24, 2.45) is 17.1 Å². The van der Waals surface area contributed by atoms with Gasteiger partial charge >= 0.3 is 0 Å². The molecule has 1 saturated carbocycles. The standard InChI is InChI=1S/C30H33N9/c1-30(2)17-32-10-9-22(30)27(31)28-26-21(18-6-7-18)15-33-16-23(26)35-29(37-28)19-8-11-34-24(13-19)36-25-14-20-5-3-4-12-39(20)38-25/h3-5,8,11-16,18,22,27,32H,6-7,9-10,17,31H2,1-2H3,(H,34,36,38). The van der Waals surface area contributed by atoms with Crippen LogP contribution in [-0.2, 0) is 0 Å². The summed E-state index contributed by atoms with van der Waals surface area (Å²) in [5.41, 5.74) is 12.1. The number of piperidine rings is 1. The first kappa shape index (κ1) is 24.1. The summed E-state index contributed by atoms with van der Waals surface area (Å²) in [4.78, 5) is 19.3. The Morgan fingerprint density at radius 1 is 1.08 bits per heavy atom. The molecule has 6 heterocycles. The van der Waals surface area contributed by atoms with Crippen LogP contribution in [0.3, 0.4) is 0 Å². The van der Waals surface area contributed by atoms with Crippen molar-refractivity contribution >= 4 is 28.1 Å². The van der Waals surface area contributed by atoms with Crippen molar-refractivity contribution in [2.75, 3.05) is 18.4 Å². The third-order valence-corrected chi connectivity index (χ3v) is 8.29. The van der Waals surface area contributed by atoms with Crippen molar-refractivity contribution < 1.29 is 0 Å². The minimum absolute atomic E-state index is 0.0593. The molecule has 0 radical (unpaired) electrons. The average Bonchev–Trinajstić information content (AvgIpc) is 3.71. The molecule has 4 N–H and O–H groups in total. The summed E-state index contributed by atoms with van der Waals surface area (Å²) in [5, 5.41) is 12.6. The van der Waals surface area contributed by atoms with Crippen molar-refractivity contribution in [3.8, 4) is 11.4 Å². The van der Waals surface area contributed by atoms with Crippen molar-refractivity contribution in [1.29, 1.82) is 0 Å². The van der Waals surface area contributed by atoms with E-state index in [1.807, 2.05) is 59.5 Å². The highest BCUT2D eigenvalue weighted by Gasteiger charge is 2.39. The van der Waals surface area contributed by atoms with E-state index < -0.39 is 0 Å². The second-order valence-electron chi connectivity index (χ2n) is 11.6. The highest BCUT2D eigenvalue weighted by Crippen LogP contribution is 2.46. The van der Waals surface area contributed by atoms with E-state index in [0.29, 0.717) is 23.5 Å². The minimum Gasteiger partial charge on any atom is -0.323 e. The number of nitrogens with two attached hydrogens (primary N) is 1. The van der Waals surface area contributed by atoms with Gasteiger partial charge in [0.2, 0.25) is 0 Å². The van der Waals surface area contributed by atoms with Crippen molar-refractivity contribution in [1.82, 2.24) is 34.9 Å². The molecule has 198 valence electrons. The Hall–Kier alpha value is -3.95. The summed E-state index contributed by atoms with van der Waals surface area (Å²) in [6.45, 7) is 6.52. The fourth-order valence-electron chi connectivity index (χ4n) is 6.03. The van der Waals surface area contributed by atoms with Crippen LogP contribution >= 0.6 is 0 Å². The van der Waals surface area contributed by atoms with E-state index in [2.05, 4.69) is 39.5 Å². The van der Waals surface area contributed by atoms with Crippen LogP contribution in [0.15, 0.2) is 61.2 Å². The predicted octanol–water partition coefficient (Wildman–Crippen LogP) is 4.99. The summed E-state index contributed by atoms with van der Waals surface area (Å²) in [5.74, 6) is 2.85. The van der Waals surface area contributed by atoms with Gasteiger partial charge in [0.1, 0.15) is 5.82 Å². The number of hydrogen-bond donors (Lipinski definition) is 3. The number of nitrogens with zero attached hydrogens (tertiary/aromatic N) is 6. The number of nitrogens with one attached hydrogen (secondary N) is 2. The Balaban J connectivity index is 1.31. The topological polar surface area (TPSA) is 119 Å². The summed E-state index contributed by atoms with van der Waals surface area (Å²) >= 11 is 0. The number of rotatable bonds is 6. The van der Waals surface area contributed by atoms with E-state index in [1.54, 1.807) is 6.20 Å². The molecule has 2 aliphatic rings. The maximum atomic E-state index is 7.14. The molecule has 39 heavy (non-hydrogen) atoms. The van der Waals surface area contributed by atoms with Gasteiger partial charge in [-0.3, -0.25) is 4.98 Å². The Bertz CT molecular complexity index is 1640. The van der Waals surface area contributed by atoms with Crippen LogP contribution in [0.25, 0.3) is 27.8 Å². The zero-order valence-electron chi connectivity index (χ0n) is 22.3. The van der Waals surface area contributed by atoms with Crippen molar-refractivity contribution in [3.05, 3.63) is 72.4 Å². The van der Waals surface area contributed by atoms with Gasteiger partial charge in [-0.15, -0.1) is 0 Å². The summed E-state index contributed by atoms with van der Waals surface area (Å²) in [6, 6.07) is 11.7. The zero-order valence-corrected chi connectivity index (χ0v) is 22.3. The summed E-state index contributed by atoms with van der Waals surface area (Å²) in [6.07, 6.45) is 10.9. The van der Waals surface area contributed by atoms with E-state index in [4.69, 9.17) is 15.7 Å². The van der Waals surface area contributed by atoms with Gasteiger partial charge in [0.05, 0.1) is 29.0 Å². The van der Waals surface area contributed by atoms with Gasteiger partial charge in [0.25, 0.3) is 0 Å². The van der Waals surface area contributed by atoms with Gasteiger partial charge in [0, 0.05) is 42.2 Å². The molecular weight excluding hydrogens is 486 g/mol. The smallest absolute Gasteiger partial charge is 0.160 e. The molecule has 5 aromatic rings. The molecule has 7 rings (SSSR count). The number of hydrogen-bond acceptors (Lipinski definition) is 8. The molecule has 0 aromatic carbocycles. The molecule has 0 amide bonds. The third-order valence-electron chi connectivity index (χ3n) is 8.29. The van der Waals surface area contributed by atoms with Gasteiger partial charge < -0.3 is 16.4 Å². The monoisotopic (exact) mass is 519 g/mol. The van der Waals surface area contributed by atoms with Gasteiger partial charge in [-0.25, -0.2) is 19.5 Å². The molecule has 0 spiro atoms. The molecule has 9 nitrogen and oxygen atoms in total. The second-order valence-corrected chi connectivity index (χ2v) is 11.6. The van der Waals surface area contributed by atoms with Gasteiger partial charge in [0.15, 0.2) is 11.6 Å². The molecule has 1 saturated heterocycles. The van der Waals surface area contributed by atoms with Gasteiger partial charge in [-0.1, -0.05) is 19.9 Å². The van der Waals surface area contributed by atoms with E-state index >= 15 is 0 Å². The highest BCUT2D eigenvalue weighted by atomic mass is 15.3. The lowest BCUT2D eigenvalue weighted by molar-refractivity contribution is 0.128. The molecule has 2 atom stereocenters. The zero-order chi connectivity index (χ0) is 26.6. The second kappa shape index (κ2) is 9.36. The number of fused-ring (bicyclic) bond motifs is 2. The molecule has 0 bridgehead atoms. The van der Waals surface area contributed by atoms with Gasteiger partial charge in [-0.05, 0) is 72.9 Å². The highest BCUT2D eigenvalue weighted by molar-refractivity contribution is 5.86. The lowest BCUT2D eigenvalue weighted by Gasteiger charge is -2.42. The van der Waals surface area contributed by atoms with Crippen LogP contribution in [0.5, 0.6) is 0 Å². The van der Waals surface area contributed by atoms with E-state index in [1.165, 1.54) is 18.4 Å². The molecule has 2 unspecified atom stereocenters. The normalized spacial score (nSPS) is 19.8. The Labute approximate surface area is 227 Å². The van der Waals surface area contributed by atoms with Crippen LogP contribution in [0, 0.1) is 11.3 Å². The van der Waals surface area contributed by atoms with E-state index in [9.17, 15) is 0 Å². The fourth-order valence-corrected chi connectivity index (χ4v) is 6.03. The lowest BCUT2D eigenvalue weighted by atomic mass is 9.70. The van der Waals surface area contributed by atoms with Crippen LogP contribution in [0.2, 0.25) is 0 Å². The summed E-state index contributed by atoms with van der Waals surface area (Å²) in [7, 11) is 0. The summed E-state index contributed by atoms with van der Waals surface area (Å²) < 4.78 is 1.83. The van der Waals surface area contributed by atoms with Crippen molar-refractivity contribution in [3.63, 3.8) is 0 Å². The first-order valence-electron chi connectivity index (χ1n) is 13.8. The molecule has 9 heteroatoms.